The summed E-state index contributed by atoms with van der Waals surface area (Å²) in [5, 5.41) is 11.4. The van der Waals surface area contributed by atoms with Gasteiger partial charge in [-0.15, -0.1) is 5.10 Å². The topological polar surface area (TPSA) is 63.1 Å². The summed E-state index contributed by atoms with van der Waals surface area (Å²) in [6, 6.07) is 0.417. The molecular weight excluding hydrogens is 242 g/mol. The lowest BCUT2D eigenvalue weighted by Crippen LogP contribution is -2.37. The molecule has 1 aliphatic rings. The highest BCUT2D eigenvalue weighted by Crippen LogP contribution is 2.09. The van der Waals surface area contributed by atoms with E-state index < -0.39 is 0 Å². The van der Waals surface area contributed by atoms with Gasteiger partial charge in [0.2, 0.25) is 5.91 Å². The summed E-state index contributed by atoms with van der Waals surface area (Å²) in [7, 11) is 0. The van der Waals surface area contributed by atoms with Gasteiger partial charge in [0.25, 0.3) is 0 Å². The van der Waals surface area contributed by atoms with E-state index in [9.17, 15) is 4.79 Å². The third kappa shape index (κ3) is 4.31. The van der Waals surface area contributed by atoms with E-state index in [1.165, 1.54) is 6.42 Å². The quantitative estimate of drug-likeness (QED) is 0.855. The normalized spacial score (nSPS) is 16.1. The van der Waals surface area contributed by atoms with Crippen molar-refractivity contribution in [2.75, 3.05) is 13.1 Å². The van der Waals surface area contributed by atoms with Gasteiger partial charge in [0.15, 0.2) is 0 Å². The number of likely N-dealkylation sites (tertiary alicyclic amines) is 1. The van der Waals surface area contributed by atoms with Crippen LogP contribution in [0.1, 0.15) is 38.8 Å². The van der Waals surface area contributed by atoms with Gasteiger partial charge in [0.05, 0.1) is 11.9 Å². The van der Waals surface area contributed by atoms with Crippen LogP contribution < -0.4 is 5.32 Å². The van der Waals surface area contributed by atoms with Gasteiger partial charge >= 0.3 is 0 Å². The molecule has 19 heavy (non-hydrogen) atoms. The fourth-order valence-electron chi connectivity index (χ4n) is 2.19. The molecule has 0 atom stereocenters. The van der Waals surface area contributed by atoms with Crippen molar-refractivity contribution >= 4 is 5.91 Å². The molecule has 0 aliphatic carbocycles. The van der Waals surface area contributed by atoms with Crippen LogP contribution in [0.15, 0.2) is 6.20 Å². The number of carbonyl (C=O) groups is 1. The van der Waals surface area contributed by atoms with Crippen LogP contribution in [-0.2, 0) is 17.9 Å². The van der Waals surface area contributed by atoms with E-state index >= 15 is 0 Å². The molecule has 1 saturated heterocycles. The Kier molecular flexibility index (Phi) is 4.90. The molecule has 1 aromatic rings. The van der Waals surface area contributed by atoms with Crippen LogP contribution >= 0.6 is 0 Å². The van der Waals surface area contributed by atoms with Crippen LogP contribution in [0.4, 0.5) is 0 Å². The molecule has 0 spiro atoms. The second kappa shape index (κ2) is 6.65. The molecule has 2 rings (SSSR count). The fraction of sp³-hybridized carbons (Fsp3) is 0.769. The second-order valence-electron chi connectivity index (χ2n) is 5.38. The van der Waals surface area contributed by atoms with Crippen molar-refractivity contribution in [2.24, 2.45) is 0 Å². The van der Waals surface area contributed by atoms with Crippen molar-refractivity contribution in [3.05, 3.63) is 11.9 Å². The summed E-state index contributed by atoms with van der Waals surface area (Å²) >= 11 is 0. The minimum absolute atomic E-state index is 0.146. The lowest BCUT2D eigenvalue weighted by molar-refractivity contribution is -0.132. The molecule has 0 bridgehead atoms. The Labute approximate surface area is 114 Å². The minimum atomic E-state index is 0.146. The van der Waals surface area contributed by atoms with E-state index in [0.29, 0.717) is 19.1 Å². The number of aromatic nitrogens is 3. The molecule has 6 nitrogen and oxygen atoms in total. The number of piperidine rings is 1. The molecular formula is C13H23N5O. The number of rotatable bonds is 5. The van der Waals surface area contributed by atoms with E-state index in [0.717, 1.165) is 31.6 Å². The van der Waals surface area contributed by atoms with E-state index in [1.807, 2.05) is 11.1 Å². The van der Waals surface area contributed by atoms with E-state index in [2.05, 4.69) is 29.5 Å². The maximum absolute atomic E-state index is 12.1. The number of nitrogens with zero attached hydrogens (tertiary/aromatic N) is 4. The fourth-order valence-corrected chi connectivity index (χ4v) is 2.19. The Morgan fingerprint density at radius 1 is 1.37 bits per heavy atom. The molecule has 2 heterocycles. The third-order valence-electron chi connectivity index (χ3n) is 3.28. The number of hydrogen-bond donors (Lipinski definition) is 1. The van der Waals surface area contributed by atoms with Crippen LogP contribution in [0.3, 0.4) is 0 Å². The summed E-state index contributed by atoms with van der Waals surface area (Å²) in [6.45, 7) is 6.93. The van der Waals surface area contributed by atoms with E-state index in [-0.39, 0.29) is 5.91 Å². The largest absolute Gasteiger partial charge is 0.341 e. The van der Waals surface area contributed by atoms with Crippen molar-refractivity contribution < 1.29 is 4.79 Å². The van der Waals surface area contributed by atoms with Crippen molar-refractivity contribution in [2.45, 2.75) is 52.2 Å². The predicted molar refractivity (Wildman–Crippen MR) is 72.4 cm³/mol. The van der Waals surface area contributed by atoms with Crippen LogP contribution in [0.25, 0.3) is 0 Å². The van der Waals surface area contributed by atoms with Gasteiger partial charge in [-0.3, -0.25) is 4.79 Å². The second-order valence-corrected chi connectivity index (χ2v) is 5.38. The maximum atomic E-state index is 12.1. The smallest absolute Gasteiger partial charge is 0.244 e. The molecule has 0 saturated carbocycles. The van der Waals surface area contributed by atoms with Gasteiger partial charge in [-0.05, 0) is 19.3 Å². The van der Waals surface area contributed by atoms with Gasteiger partial charge in [0.1, 0.15) is 6.54 Å². The van der Waals surface area contributed by atoms with Crippen LogP contribution in [-0.4, -0.2) is 44.9 Å². The van der Waals surface area contributed by atoms with Gasteiger partial charge in [-0.25, -0.2) is 4.68 Å². The average Bonchev–Trinajstić information content (AvgIpc) is 2.85. The van der Waals surface area contributed by atoms with Crippen LogP contribution in [0, 0.1) is 0 Å². The molecule has 106 valence electrons. The Bertz CT molecular complexity index is 409. The highest BCUT2D eigenvalue weighted by Gasteiger charge is 2.17. The lowest BCUT2D eigenvalue weighted by atomic mass is 10.1. The van der Waals surface area contributed by atoms with Crippen LogP contribution in [0.5, 0.6) is 0 Å². The first kappa shape index (κ1) is 14.0. The van der Waals surface area contributed by atoms with E-state index in [4.69, 9.17) is 0 Å². The number of hydrogen-bond acceptors (Lipinski definition) is 4. The van der Waals surface area contributed by atoms with Gasteiger partial charge in [0, 0.05) is 25.7 Å². The molecule has 1 N–H and O–H groups in total. The maximum Gasteiger partial charge on any atom is 0.244 e. The molecule has 1 aliphatic heterocycles. The monoisotopic (exact) mass is 265 g/mol. The first-order valence-corrected chi connectivity index (χ1v) is 7.05. The molecule has 0 radical (unpaired) electrons. The molecule has 1 amide bonds. The summed E-state index contributed by atoms with van der Waals surface area (Å²) in [6.07, 6.45) is 5.31. The Hall–Kier alpha value is -1.43. The van der Waals surface area contributed by atoms with Crippen molar-refractivity contribution in [3.63, 3.8) is 0 Å². The number of amides is 1. The zero-order valence-electron chi connectivity index (χ0n) is 11.8. The first-order chi connectivity index (χ1) is 9.15. The Morgan fingerprint density at radius 3 is 2.79 bits per heavy atom. The molecule has 6 heteroatoms. The summed E-state index contributed by atoms with van der Waals surface area (Å²) in [4.78, 5) is 14.0. The zero-order chi connectivity index (χ0) is 13.7. The highest BCUT2D eigenvalue weighted by molar-refractivity contribution is 5.75. The first-order valence-electron chi connectivity index (χ1n) is 7.05. The SMILES string of the molecule is CC(C)NCc1cn(CC(=O)N2CCCCC2)nn1. The van der Waals surface area contributed by atoms with Crippen molar-refractivity contribution in [3.8, 4) is 0 Å². The lowest BCUT2D eigenvalue weighted by Gasteiger charge is -2.26. The zero-order valence-corrected chi connectivity index (χ0v) is 11.8. The summed E-state index contributed by atoms with van der Waals surface area (Å²) in [5.41, 5.74) is 0.875. The van der Waals surface area contributed by atoms with Gasteiger partial charge in [-0.1, -0.05) is 19.1 Å². The number of carbonyl (C=O) groups excluding carboxylic acids is 1. The van der Waals surface area contributed by atoms with Crippen molar-refractivity contribution in [1.29, 1.82) is 0 Å². The Morgan fingerprint density at radius 2 is 2.11 bits per heavy atom. The molecule has 1 aromatic heterocycles. The predicted octanol–water partition coefficient (Wildman–Crippen LogP) is 0.789. The Balaban J connectivity index is 1.83. The number of nitrogens with one attached hydrogen (secondary N) is 1. The third-order valence-corrected chi connectivity index (χ3v) is 3.28. The van der Waals surface area contributed by atoms with Gasteiger partial charge < -0.3 is 10.2 Å². The van der Waals surface area contributed by atoms with Crippen LogP contribution in [0.2, 0.25) is 0 Å². The summed E-state index contributed by atoms with van der Waals surface area (Å²) in [5.74, 6) is 0.146. The van der Waals surface area contributed by atoms with Gasteiger partial charge in [-0.2, -0.15) is 0 Å². The van der Waals surface area contributed by atoms with E-state index in [1.54, 1.807) is 4.68 Å². The standard InChI is InChI=1S/C13H23N5O/c1-11(2)14-8-12-9-18(16-15-12)10-13(19)17-6-4-3-5-7-17/h9,11,14H,3-8,10H2,1-2H3. The highest BCUT2D eigenvalue weighted by atomic mass is 16.2. The average molecular weight is 265 g/mol. The van der Waals surface area contributed by atoms with Crippen molar-refractivity contribution in [1.82, 2.24) is 25.2 Å². The molecule has 1 fully saturated rings. The molecule has 0 aromatic carbocycles. The minimum Gasteiger partial charge on any atom is -0.341 e. The molecule has 0 unspecified atom stereocenters. The summed E-state index contributed by atoms with van der Waals surface area (Å²) < 4.78 is 1.63.